The zero-order valence-electron chi connectivity index (χ0n) is 9.36. The first kappa shape index (κ1) is 10.8. The second kappa shape index (κ2) is 4.90. The topological polar surface area (TPSA) is 15.3 Å². The van der Waals surface area contributed by atoms with Crippen LogP contribution in [0, 0.1) is 0 Å². The fourth-order valence-corrected chi connectivity index (χ4v) is 2.68. The van der Waals surface area contributed by atoms with Crippen molar-refractivity contribution in [3.05, 3.63) is 24.3 Å². The summed E-state index contributed by atoms with van der Waals surface area (Å²) in [5.41, 5.74) is 1.39. The first-order valence-corrected chi connectivity index (χ1v) is 6.66. The van der Waals surface area contributed by atoms with Gasteiger partial charge in [0, 0.05) is 30.6 Å². The number of rotatable bonds is 2. The molecule has 0 amide bonds. The van der Waals surface area contributed by atoms with Crippen molar-refractivity contribution in [2.75, 3.05) is 30.8 Å². The number of piperazine rings is 1. The Kier molecular flexibility index (Phi) is 3.54. The fourth-order valence-electron chi connectivity index (χ4n) is 2.07. The average Bonchev–Trinajstić information content (AvgIpc) is 2.30. The summed E-state index contributed by atoms with van der Waals surface area (Å²) < 4.78 is 0. The van der Waals surface area contributed by atoms with Crippen molar-refractivity contribution < 1.29 is 0 Å². The van der Waals surface area contributed by atoms with E-state index in [4.69, 9.17) is 0 Å². The van der Waals surface area contributed by atoms with Crippen LogP contribution in [0.2, 0.25) is 0 Å². The molecule has 15 heavy (non-hydrogen) atoms. The van der Waals surface area contributed by atoms with Crippen LogP contribution in [-0.4, -0.2) is 31.9 Å². The highest BCUT2D eigenvalue weighted by atomic mass is 32.2. The number of thioether (sulfide) groups is 1. The summed E-state index contributed by atoms with van der Waals surface area (Å²) in [5, 5.41) is 3.42. The quantitative estimate of drug-likeness (QED) is 0.772. The summed E-state index contributed by atoms with van der Waals surface area (Å²) in [5.74, 6) is 0. The predicted molar refractivity (Wildman–Crippen MR) is 67.9 cm³/mol. The van der Waals surface area contributed by atoms with Crippen molar-refractivity contribution in [2.24, 2.45) is 0 Å². The maximum absolute atomic E-state index is 3.42. The molecular formula is C12H18N2S. The molecule has 1 aliphatic rings. The Labute approximate surface area is 96.0 Å². The lowest BCUT2D eigenvalue weighted by molar-refractivity contribution is 0.499. The lowest BCUT2D eigenvalue weighted by atomic mass is 10.2. The van der Waals surface area contributed by atoms with Crippen molar-refractivity contribution in [2.45, 2.75) is 17.9 Å². The average molecular weight is 222 g/mol. The summed E-state index contributed by atoms with van der Waals surface area (Å²) in [4.78, 5) is 3.88. The maximum Gasteiger partial charge on any atom is 0.0507 e. The molecule has 0 radical (unpaired) electrons. The van der Waals surface area contributed by atoms with Gasteiger partial charge in [0.2, 0.25) is 0 Å². The third kappa shape index (κ3) is 2.29. The second-order valence-electron chi connectivity index (χ2n) is 3.92. The molecule has 0 aliphatic carbocycles. The predicted octanol–water partition coefficient (Wildman–Crippen LogP) is 2.21. The zero-order chi connectivity index (χ0) is 10.7. The highest BCUT2D eigenvalue weighted by Crippen LogP contribution is 2.29. The molecule has 0 unspecified atom stereocenters. The van der Waals surface area contributed by atoms with Crippen LogP contribution in [0.3, 0.4) is 0 Å². The molecule has 2 nitrogen and oxygen atoms in total. The molecule has 3 heteroatoms. The smallest absolute Gasteiger partial charge is 0.0507 e. The standard InChI is InChI=1S/C12H18N2S/c1-10-9-13-7-8-14(10)11-5-3-4-6-12(11)15-2/h3-6,10,13H,7-9H2,1-2H3/t10-/m1/s1. The van der Waals surface area contributed by atoms with Gasteiger partial charge in [0.05, 0.1) is 5.69 Å². The minimum Gasteiger partial charge on any atom is -0.365 e. The molecule has 1 aromatic rings. The van der Waals surface area contributed by atoms with E-state index in [1.165, 1.54) is 10.6 Å². The molecule has 1 heterocycles. The molecule has 1 aromatic carbocycles. The van der Waals surface area contributed by atoms with Crippen LogP contribution < -0.4 is 10.2 Å². The molecule has 1 atom stereocenters. The van der Waals surface area contributed by atoms with E-state index < -0.39 is 0 Å². The van der Waals surface area contributed by atoms with E-state index >= 15 is 0 Å². The van der Waals surface area contributed by atoms with Crippen LogP contribution in [-0.2, 0) is 0 Å². The van der Waals surface area contributed by atoms with Crippen LogP contribution in [0.1, 0.15) is 6.92 Å². The van der Waals surface area contributed by atoms with E-state index in [0.29, 0.717) is 6.04 Å². The zero-order valence-corrected chi connectivity index (χ0v) is 10.2. The summed E-state index contributed by atoms with van der Waals surface area (Å²) in [7, 11) is 0. The van der Waals surface area contributed by atoms with E-state index in [-0.39, 0.29) is 0 Å². The number of nitrogens with one attached hydrogen (secondary N) is 1. The molecule has 2 rings (SSSR count). The largest absolute Gasteiger partial charge is 0.365 e. The Bertz CT molecular complexity index is 327. The highest BCUT2D eigenvalue weighted by molar-refractivity contribution is 7.98. The number of benzene rings is 1. The Morgan fingerprint density at radius 3 is 2.93 bits per heavy atom. The summed E-state index contributed by atoms with van der Waals surface area (Å²) in [6.07, 6.45) is 2.14. The molecule has 0 spiro atoms. The van der Waals surface area contributed by atoms with Crippen LogP contribution in [0.4, 0.5) is 5.69 Å². The minimum atomic E-state index is 0.590. The summed E-state index contributed by atoms with van der Waals surface area (Å²) in [6.45, 7) is 5.57. The molecule has 1 saturated heterocycles. The Morgan fingerprint density at radius 1 is 1.40 bits per heavy atom. The van der Waals surface area contributed by atoms with Gasteiger partial charge in [0.15, 0.2) is 0 Å². The first-order chi connectivity index (χ1) is 7.33. The highest BCUT2D eigenvalue weighted by Gasteiger charge is 2.19. The van der Waals surface area contributed by atoms with Gasteiger partial charge < -0.3 is 10.2 Å². The Morgan fingerprint density at radius 2 is 2.20 bits per heavy atom. The van der Waals surface area contributed by atoms with Crippen molar-refractivity contribution in [3.8, 4) is 0 Å². The lowest BCUT2D eigenvalue weighted by Gasteiger charge is -2.36. The van der Waals surface area contributed by atoms with Crippen LogP contribution in [0.15, 0.2) is 29.2 Å². The minimum absolute atomic E-state index is 0.590. The molecular weight excluding hydrogens is 204 g/mol. The normalized spacial score (nSPS) is 21.7. The van der Waals surface area contributed by atoms with Gasteiger partial charge in [-0.2, -0.15) is 0 Å². The van der Waals surface area contributed by atoms with Crippen molar-refractivity contribution >= 4 is 17.4 Å². The molecule has 0 bridgehead atoms. The Hall–Kier alpha value is -0.670. The van der Waals surface area contributed by atoms with E-state index in [2.05, 4.69) is 47.7 Å². The number of hydrogen-bond acceptors (Lipinski definition) is 3. The van der Waals surface area contributed by atoms with Gasteiger partial charge >= 0.3 is 0 Å². The molecule has 0 aromatic heterocycles. The number of para-hydroxylation sites is 1. The van der Waals surface area contributed by atoms with Gasteiger partial charge in [0.1, 0.15) is 0 Å². The van der Waals surface area contributed by atoms with Crippen LogP contribution >= 0.6 is 11.8 Å². The molecule has 1 fully saturated rings. The van der Waals surface area contributed by atoms with Gasteiger partial charge in [-0.25, -0.2) is 0 Å². The molecule has 0 saturated carbocycles. The van der Waals surface area contributed by atoms with Gasteiger partial charge in [-0.05, 0) is 25.3 Å². The van der Waals surface area contributed by atoms with E-state index in [9.17, 15) is 0 Å². The first-order valence-electron chi connectivity index (χ1n) is 5.43. The molecule has 1 aliphatic heterocycles. The van der Waals surface area contributed by atoms with Crippen molar-refractivity contribution in [1.82, 2.24) is 5.32 Å². The SMILES string of the molecule is CSc1ccccc1N1CCNC[C@H]1C. The van der Waals surface area contributed by atoms with Gasteiger partial charge in [-0.3, -0.25) is 0 Å². The van der Waals surface area contributed by atoms with Crippen molar-refractivity contribution in [1.29, 1.82) is 0 Å². The van der Waals surface area contributed by atoms with Gasteiger partial charge in [-0.15, -0.1) is 11.8 Å². The monoisotopic (exact) mass is 222 g/mol. The third-order valence-electron chi connectivity index (χ3n) is 2.90. The maximum atomic E-state index is 3.42. The fraction of sp³-hybridized carbons (Fsp3) is 0.500. The second-order valence-corrected chi connectivity index (χ2v) is 4.77. The number of anilines is 1. The van der Waals surface area contributed by atoms with Crippen LogP contribution in [0.25, 0.3) is 0 Å². The summed E-state index contributed by atoms with van der Waals surface area (Å²) in [6, 6.07) is 9.26. The van der Waals surface area contributed by atoms with Gasteiger partial charge in [-0.1, -0.05) is 12.1 Å². The third-order valence-corrected chi connectivity index (χ3v) is 3.68. The van der Waals surface area contributed by atoms with E-state index in [1.54, 1.807) is 0 Å². The molecule has 1 N–H and O–H groups in total. The van der Waals surface area contributed by atoms with E-state index in [1.807, 2.05) is 11.8 Å². The van der Waals surface area contributed by atoms with Crippen molar-refractivity contribution in [3.63, 3.8) is 0 Å². The van der Waals surface area contributed by atoms with Gasteiger partial charge in [0.25, 0.3) is 0 Å². The number of hydrogen-bond donors (Lipinski definition) is 1. The lowest BCUT2D eigenvalue weighted by Crippen LogP contribution is -2.50. The van der Waals surface area contributed by atoms with Crippen LogP contribution in [0.5, 0.6) is 0 Å². The Balaban J connectivity index is 2.26. The molecule has 82 valence electrons. The number of nitrogens with zero attached hydrogens (tertiary/aromatic N) is 1. The van der Waals surface area contributed by atoms with E-state index in [0.717, 1.165) is 19.6 Å². The summed E-state index contributed by atoms with van der Waals surface area (Å²) >= 11 is 1.83.